The van der Waals surface area contributed by atoms with Crippen molar-refractivity contribution >= 4 is 23.2 Å². The standard InChI is InChI=1S/C15H19ClN2O3/c16-14-10-12(18(20)21)6-7-13(14)15(19)17-9-8-11-4-2-1-3-5-11/h6-7,10-11H,1-5,8-9H2,(H,17,19). The lowest BCUT2D eigenvalue weighted by molar-refractivity contribution is -0.384. The Hall–Kier alpha value is -1.62. The molecule has 0 bridgehead atoms. The number of nitrogens with one attached hydrogen (secondary N) is 1. The highest BCUT2D eigenvalue weighted by Crippen LogP contribution is 2.26. The number of carbonyl (C=O) groups is 1. The lowest BCUT2D eigenvalue weighted by atomic mass is 9.87. The van der Waals surface area contributed by atoms with E-state index in [4.69, 9.17) is 11.6 Å². The van der Waals surface area contributed by atoms with Gasteiger partial charge in [-0.2, -0.15) is 0 Å². The summed E-state index contributed by atoms with van der Waals surface area (Å²) in [7, 11) is 0. The van der Waals surface area contributed by atoms with Crippen LogP contribution in [-0.2, 0) is 0 Å². The summed E-state index contributed by atoms with van der Waals surface area (Å²) in [6, 6.07) is 3.90. The fourth-order valence-corrected chi connectivity index (χ4v) is 3.02. The monoisotopic (exact) mass is 310 g/mol. The van der Waals surface area contributed by atoms with Gasteiger partial charge in [-0.25, -0.2) is 0 Å². The molecule has 0 atom stereocenters. The van der Waals surface area contributed by atoms with E-state index >= 15 is 0 Å². The minimum atomic E-state index is -0.531. The molecule has 6 heteroatoms. The van der Waals surface area contributed by atoms with Gasteiger partial charge in [-0.3, -0.25) is 14.9 Å². The Balaban J connectivity index is 1.86. The first-order chi connectivity index (χ1) is 10.1. The maximum atomic E-state index is 12.0. The van der Waals surface area contributed by atoms with Gasteiger partial charge in [-0.15, -0.1) is 0 Å². The molecule has 1 aliphatic carbocycles. The van der Waals surface area contributed by atoms with Gasteiger partial charge in [0.2, 0.25) is 0 Å². The van der Waals surface area contributed by atoms with Crippen molar-refractivity contribution in [2.24, 2.45) is 5.92 Å². The predicted molar refractivity (Wildman–Crippen MR) is 81.6 cm³/mol. The summed E-state index contributed by atoms with van der Waals surface area (Å²) in [5.41, 5.74) is 0.171. The van der Waals surface area contributed by atoms with Crippen molar-refractivity contribution in [1.82, 2.24) is 5.32 Å². The molecular weight excluding hydrogens is 292 g/mol. The van der Waals surface area contributed by atoms with Crippen LogP contribution in [0.15, 0.2) is 18.2 Å². The molecule has 1 aliphatic rings. The van der Waals surface area contributed by atoms with Gasteiger partial charge in [0.25, 0.3) is 11.6 Å². The summed E-state index contributed by atoms with van der Waals surface area (Å²) in [6.07, 6.45) is 7.36. The van der Waals surface area contributed by atoms with E-state index < -0.39 is 4.92 Å². The lowest BCUT2D eigenvalue weighted by Crippen LogP contribution is -2.26. The summed E-state index contributed by atoms with van der Waals surface area (Å²) in [5, 5.41) is 13.6. The van der Waals surface area contributed by atoms with Crippen molar-refractivity contribution in [2.45, 2.75) is 38.5 Å². The molecule has 1 aromatic carbocycles. The van der Waals surface area contributed by atoms with E-state index in [-0.39, 0.29) is 22.2 Å². The van der Waals surface area contributed by atoms with E-state index in [1.807, 2.05) is 0 Å². The first-order valence-corrected chi connectivity index (χ1v) is 7.68. The molecule has 0 aromatic heterocycles. The molecule has 114 valence electrons. The normalized spacial score (nSPS) is 15.7. The van der Waals surface area contributed by atoms with Crippen molar-refractivity contribution < 1.29 is 9.72 Å². The van der Waals surface area contributed by atoms with Gasteiger partial charge in [0.05, 0.1) is 15.5 Å². The minimum absolute atomic E-state index is 0.111. The summed E-state index contributed by atoms with van der Waals surface area (Å²) < 4.78 is 0. The average Bonchev–Trinajstić information content (AvgIpc) is 2.48. The second-order valence-electron chi connectivity index (χ2n) is 5.47. The summed E-state index contributed by atoms with van der Waals surface area (Å²) >= 11 is 5.93. The number of nitro groups is 1. The van der Waals surface area contributed by atoms with Gasteiger partial charge in [0, 0.05) is 18.7 Å². The molecule has 0 aliphatic heterocycles. The summed E-state index contributed by atoms with van der Waals surface area (Å²) in [4.78, 5) is 22.1. The Morgan fingerprint density at radius 1 is 1.33 bits per heavy atom. The van der Waals surface area contributed by atoms with Crippen LogP contribution in [0.3, 0.4) is 0 Å². The molecule has 0 radical (unpaired) electrons. The molecule has 0 saturated heterocycles. The van der Waals surface area contributed by atoms with E-state index in [1.165, 1.54) is 50.3 Å². The Kier molecular flexibility index (Phi) is 5.56. The number of hydrogen-bond donors (Lipinski definition) is 1. The molecule has 2 rings (SSSR count). The quantitative estimate of drug-likeness (QED) is 0.661. The van der Waals surface area contributed by atoms with Crippen LogP contribution in [0.25, 0.3) is 0 Å². The third kappa shape index (κ3) is 4.43. The fourth-order valence-electron chi connectivity index (χ4n) is 2.76. The highest BCUT2D eigenvalue weighted by Gasteiger charge is 2.16. The Morgan fingerprint density at radius 2 is 2.05 bits per heavy atom. The summed E-state index contributed by atoms with van der Waals surface area (Å²) in [5.74, 6) is 0.428. The van der Waals surface area contributed by atoms with Gasteiger partial charge >= 0.3 is 0 Å². The van der Waals surface area contributed by atoms with E-state index in [0.29, 0.717) is 12.5 Å². The van der Waals surface area contributed by atoms with Crippen molar-refractivity contribution in [3.63, 3.8) is 0 Å². The van der Waals surface area contributed by atoms with Gasteiger partial charge in [0.1, 0.15) is 0 Å². The van der Waals surface area contributed by atoms with Crippen molar-refractivity contribution in [3.8, 4) is 0 Å². The van der Waals surface area contributed by atoms with Crippen LogP contribution in [0.1, 0.15) is 48.9 Å². The number of nitro benzene ring substituents is 1. The second kappa shape index (κ2) is 7.41. The number of carbonyl (C=O) groups excluding carboxylic acids is 1. The van der Waals surface area contributed by atoms with Gasteiger partial charge in [-0.1, -0.05) is 43.7 Å². The summed E-state index contributed by atoms with van der Waals surface area (Å²) in [6.45, 7) is 0.622. The molecule has 1 N–H and O–H groups in total. The Labute approximate surface area is 128 Å². The predicted octanol–water partition coefficient (Wildman–Crippen LogP) is 3.95. The first kappa shape index (κ1) is 15.8. The van der Waals surface area contributed by atoms with E-state index in [9.17, 15) is 14.9 Å². The zero-order valence-electron chi connectivity index (χ0n) is 11.8. The van der Waals surface area contributed by atoms with E-state index in [0.717, 1.165) is 6.42 Å². The molecule has 21 heavy (non-hydrogen) atoms. The highest BCUT2D eigenvalue weighted by atomic mass is 35.5. The largest absolute Gasteiger partial charge is 0.352 e. The smallest absolute Gasteiger partial charge is 0.270 e. The van der Waals surface area contributed by atoms with Crippen LogP contribution >= 0.6 is 11.6 Å². The Morgan fingerprint density at radius 3 is 2.67 bits per heavy atom. The highest BCUT2D eigenvalue weighted by molar-refractivity contribution is 6.34. The number of hydrogen-bond acceptors (Lipinski definition) is 3. The van der Waals surface area contributed by atoms with Gasteiger partial charge < -0.3 is 5.32 Å². The van der Waals surface area contributed by atoms with Crippen LogP contribution in [0.2, 0.25) is 5.02 Å². The molecular formula is C15H19ClN2O3. The van der Waals surface area contributed by atoms with Crippen LogP contribution < -0.4 is 5.32 Å². The maximum absolute atomic E-state index is 12.0. The van der Waals surface area contributed by atoms with Crippen LogP contribution in [0, 0.1) is 16.0 Å². The Bertz CT molecular complexity index is 528. The van der Waals surface area contributed by atoms with Crippen LogP contribution in [0.4, 0.5) is 5.69 Å². The number of benzene rings is 1. The first-order valence-electron chi connectivity index (χ1n) is 7.30. The fraction of sp³-hybridized carbons (Fsp3) is 0.533. The maximum Gasteiger partial charge on any atom is 0.270 e. The van der Waals surface area contributed by atoms with Crippen molar-refractivity contribution in [1.29, 1.82) is 0 Å². The molecule has 1 saturated carbocycles. The molecule has 1 fully saturated rings. The molecule has 0 spiro atoms. The zero-order chi connectivity index (χ0) is 15.2. The molecule has 0 heterocycles. The minimum Gasteiger partial charge on any atom is -0.352 e. The number of amides is 1. The average molecular weight is 311 g/mol. The van der Waals surface area contributed by atoms with Crippen LogP contribution in [0.5, 0.6) is 0 Å². The van der Waals surface area contributed by atoms with Gasteiger partial charge in [0.15, 0.2) is 0 Å². The molecule has 5 nitrogen and oxygen atoms in total. The molecule has 1 aromatic rings. The second-order valence-corrected chi connectivity index (χ2v) is 5.88. The molecule has 0 unspecified atom stereocenters. The SMILES string of the molecule is O=C(NCCC1CCCCC1)c1ccc([N+](=O)[O-])cc1Cl. The van der Waals surface area contributed by atoms with Crippen molar-refractivity contribution in [2.75, 3.05) is 6.54 Å². The number of non-ortho nitro benzene ring substituents is 1. The van der Waals surface area contributed by atoms with E-state index in [1.54, 1.807) is 0 Å². The number of nitrogens with zero attached hydrogens (tertiary/aromatic N) is 1. The third-order valence-corrected chi connectivity index (χ3v) is 4.28. The van der Waals surface area contributed by atoms with Crippen molar-refractivity contribution in [3.05, 3.63) is 38.9 Å². The van der Waals surface area contributed by atoms with Gasteiger partial charge in [-0.05, 0) is 18.4 Å². The topological polar surface area (TPSA) is 72.2 Å². The zero-order valence-corrected chi connectivity index (χ0v) is 12.6. The number of halogens is 1. The molecule has 1 amide bonds. The van der Waals surface area contributed by atoms with E-state index in [2.05, 4.69) is 5.32 Å². The number of rotatable bonds is 5. The lowest BCUT2D eigenvalue weighted by Gasteiger charge is -2.21. The van der Waals surface area contributed by atoms with Crippen LogP contribution in [-0.4, -0.2) is 17.4 Å². The third-order valence-electron chi connectivity index (χ3n) is 3.97.